The summed E-state index contributed by atoms with van der Waals surface area (Å²) < 4.78 is 5.51. The number of hydrogen-bond donors (Lipinski definition) is 2. The maximum absolute atomic E-state index is 14.5. The maximum atomic E-state index is 14.5. The van der Waals surface area contributed by atoms with Gasteiger partial charge in [0.1, 0.15) is 17.7 Å². The lowest BCUT2D eigenvalue weighted by Gasteiger charge is -2.39. The highest BCUT2D eigenvalue weighted by atomic mass is 32.2. The number of aryl methyl sites for hydroxylation is 1. The van der Waals surface area contributed by atoms with Crippen LogP contribution in [0, 0.1) is 12.8 Å². The third-order valence-electron chi connectivity index (χ3n) is 6.68. The molecule has 8 heteroatoms. The van der Waals surface area contributed by atoms with Gasteiger partial charge in [-0.1, -0.05) is 74.0 Å². The normalized spacial score (nSPS) is 13.7. The van der Waals surface area contributed by atoms with Crippen molar-refractivity contribution in [1.29, 1.82) is 0 Å². The lowest BCUT2D eigenvalue weighted by Crippen LogP contribution is -2.55. The van der Waals surface area contributed by atoms with Crippen LogP contribution < -0.4 is 10.6 Å². The summed E-state index contributed by atoms with van der Waals surface area (Å²) in [7, 11) is 0. The average molecular weight is 584 g/mol. The number of thioether (sulfide) groups is 1. The molecule has 2 N–H and O–H groups in total. The van der Waals surface area contributed by atoms with E-state index in [1.54, 1.807) is 37.4 Å². The molecule has 2 rings (SSSR count). The van der Waals surface area contributed by atoms with E-state index < -0.39 is 23.8 Å². The second-order valence-electron chi connectivity index (χ2n) is 12.1. The Labute approximate surface area is 251 Å². The van der Waals surface area contributed by atoms with Gasteiger partial charge in [-0.3, -0.25) is 9.59 Å². The molecule has 0 radical (unpaired) electrons. The lowest BCUT2D eigenvalue weighted by atomic mass is 9.96. The minimum Gasteiger partial charge on any atom is -0.444 e. The Bertz CT molecular complexity index is 1120. The number of rotatable bonds is 14. The van der Waals surface area contributed by atoms with Crippen LogP contribution in [0.5, 0.6) is 0 Å². The molecule has 0 saturated carbocycles. The summed E-state index contributed by atoms with van der Waals surface area (Å²) in [6.07, 6.45) is 3.35. The molecule has 226 valence electrons. The summed E-state index contributed by atoms with van der Waals surface area (Å²) in [4.78, 5) is 43.0. The number of carbonyl (C=O) groups excluding carboxylic acids is 3. The molecule has 3 atom stereocenters. The van der Waals surface area contributed by atoms with Crippen molar-refractivity contribution in [2.75, 3.05) is 12.0 Å². The number of alkyl carbamates (subject to hydrolysis) is 1. The van der Waals surface area contributed by atoms with Gasteiger partial charge < -0.3 is 20.3 Å². The Morgan fingerprint density at radius 1 is 0.951 bits per heavy atom. The van der Waals surface area contributed by atoms with Crippen molar-refractivity contribution >= 4 is 29.7 Å². The Morgan fingerprint density at radius 2 is 1.63 bits per heavy atom. The number of amides is 3. The Balaban J connectivity index is 2.54. The van der Waals surface area contributed by atoms with Crippen LogP contribution in [0.25, 0.3) is 0 Å². The third-order valence-corrected chi connectivity index (χ3v) is 7.33. The molecule has 3 amide bonds. The fourth-order valence-corrected chi connectivity index (χ4v) is 5.07. The van der Waals surface area contributed by atoms with Crippen molar-refractivity contribution in [3.05, 3.63) is 71.3 Å². The molecule has 0 aliphatic heterocycles. The summed E-state index contributed by atoms with van der Waals surface area (Å²) in [5.41, 5.74) is 2.00. The third kappa shape index (κ3) is 11.8. The van der Waals surface area contributed by atoms with Gasteiger partial charge in [0.25, 0.3) is 0 Å². The molecule has 2 aromatic carbocycles. The SMILES string of the molecule is CSCCC(NC(=O)OC(C)(C)C)C(=O)N(C(C)CCC(C)C)C(C(=O)NCc1ccccc1)c1cccc(C)c1. The first-order chi connectivity index (χ1) is 19.3. The first-order valence-electron chi connectivity index (χ1n) is 14.5. The number of nitrogens with zero attached hydrogens (tertiary/aromatic N) is 1. The topological polar surface area (TPSA) is 87.7 Å². The molecule has 0 aromatic heterocycles. The zero-order valence-electron chi connectivity index (χ0n) is 26.0. The van der Waals surface area contributed by atoms with E-state index in [0.717, 1.165) is 29.5 Å². The van der Waals surface area contributed by atoms with Crippen LogP contribution in [-0.2, 0) is 20.9 Å². The molecule has 7 nitrogen and oxygen atoms in total. The van der Waals surface area contributed by atoms with Gasteiger partial charge in [0.05, 0.1) is 0 Å². The molecular formula is C33H49N3O4S. The molecule has 0 saturated heterocycles. The molecule has 0 spiro atoms. The van der Waals surface area contributed by atoms with Gasteiger partial charge in [0.15, 0.2) is 0 Å². The quantitative estimate of drug-likeness (QED) is 0.260. The van der Waals surface area contributed by atoms with Gasteiger partial charge >= 0.3 is 6.09 Å². The highest BCUT2D eigenvalue weighted by Crippen LogP contribution is 2.29. The molecule has 0 heterocycles. The van der Waals surface area contributed by atoms with E-state index in [1.165, 1.54) is 0 Å². The first-order valence-corrected chi connectivity index (χ1v) is 15.9. The highest BCUT2D eigenvalue weighted by Gasteiger charge is 2.38. The minimum absolute atomic E-state index is 0.255. The molecular weight excluding hydrogens is 534 g/mol. The number of hydrogen-bond acceptors (Lipinski definition) is 5. The van der Waals surface area contributed by atoms with E-state index >= 15 is 0 Å². The summed E-state index contributed by atoms with van der Waals surface area (Å²) in [6, 6.07) is 15.5. The molecule has 0 aliphatic carbocycles. The van der Waals surface area contributed by atoms with E-state index in [0.29, 0.717) is 24.6 Å². The van der Waals surface area contributed by atoms with Crippen molar-refractivity contribution in [2.45, 2.75) is 98.0 Å². The number of carbonyl (C=O) groups is 3. The van der Waals surface area contributed by atoms with Gasteiger partial charge in [-0.15, -0.1) is 0 Å². The zero-order chi connectivity index (χ0) is 30.6. The van der Waals surface area contributed by atoms with Crippen LogP contribution in [0.2, 0.25) is 0 Å². The van der Waals surface area contributed by atoms with Crippen LogP contribution in [-0.4, -0.2) is 52.5 Å². The molecule has 0 fully saturated rings. The fraction of sp³-hybridized carbons (Fsp3) is 0.545. The lowest BCUT2D eigenvalue weighted by molar-refractivity contribution is -0.145. The predicted molar refractivity (Wildman–Crippen MR) is 169 cm³/mol. The van der Waals surface area contributed by atoms with Gasteiger partial charge in [-0.2, -0.15) is 11.8 Å². The fourth-order valence-electron chi connectivity index (χ4n) is 4.60. The zero-order valence-corrected chi connectivity index (χ0v) is 26.8. The maximum Gasteiger partial charge on any atom is 0.408 e. The predicted octanol–water partition coefficient (Wildman–Crippen LogP) is 6.65. The summed E-state index contributed by atoms with van der Waals surface area (Å²) >= 11 is 1.60. The van der Waals surface area contributed by atoms with Crippen LogP contribution >= 0.6 is 11.8 Å². The summed E-state index contributed by atoms with van der Waals surface area (Å²) in [5, 5.41) is 5.90. The summed E-state index contributed by atoms with van der Waals surface area (Å²) in [5.74, 6) is 0.550. The van der Waals surface area contributed by atoms with E-state index in [1.807, 2.05) is 74.7 Å². The minimum atomic E-state index is -0.870. The molecule has 0 aliphatic rings. The van der Waals surface area contributed by atoms with Crippen molar-refractivity contribution < 1.29 is 19.1 Å². The van der Waals surface area contributed by atoms with Crippen molar-refractivity contribution in [2.24, 2.45) is 5.92 Å². The monoisotopic (exact) mass is 583 g/mol. The van der Waals surface area contributed by atoms with Crippen molar-refractivity contribution in [1.82, 2.24) is 15.5 Å². The second-order valence-corrected chi connectivity index (χ2v) is 13.1. The Kier molecular flexibility index (Phi) is 13.7. The van der Waals surface area contributed by atoms with Gasteiger partial charge in [-0.05, 0) is 82.9 Å². The van der Waals surface area contributed by atoms with E-state index in [4.69, 9.17) is 4.74 Å². The van der Waals surface area contributed by atoms with Gasteiger partial charge in [0, 0.05) is 12.6 Å². The Hall–Kier alpha value is -3.00. The highest BCUT2D eigenvalue weighted by molar-refractivity contribution is 7.98. The number of nitrogens with one attached hydrogen (secondary N) is 2. The molecule has 41 heavy (non-hydrogen) atoms. The van der Waals surface area contributed by atoms with Crippen LogP contribution in [0.15, 0.2) is 54.6 Å². The molecule has 2 aromatic rings. The van der Waals surface area contributed by atoms with Crippen LogP contribution in [0.4, 0.5) is 4.79 Å². The van der Waals surface area contributed by atoms with Gasteiger partial charge in [-0.25, -0.2) is 4.79 Å². The first kappa shape index (κ1) is 34.2. The Morgan fingerprint density at radius 3 is 2.22 bits per heavy atom. The summed E-state index contributed by atoms with van der Waals surface area (Å²) in [6.45, 7) is 14.0. The largest absolute Gasteiger partial charge is 0.444 e. The van der Waals surface area contributed by atoms with E-state index in [-0.39, 0.29) is 17.9 Å². The van der Waals surface area contributed by atoms with Crippen LogP contribution in [0.3, 0.4) is 0 Å². The van der Waals surface area contributed by atoms with E-state index in [2.05, 4.69) is 24.5 Å². The van der Waals surface area contributed by atoms with Crippen molar-refractivity contribution in [3.63, 3.8) is 0 Å². The van der Waals surface area contributed by atoms with Crippen LogP contribution in [0.1, 0.15) is 83.5 Å². The molecule has 3 unspecified atom stereocenters. The number of benzene rings is 2. The number of ether oxygens (including phenoxy) is 1. The second kappa shape index (κ2) is 16.4. The van der Waals surface area contributed by atoms with Crippen molar-refractivity contribution in [3.8, 4) is 0 Å². The molecule has 0 bridgehead atoms. The smallest absolute Gasteiger partial charge is 0.408 e. The van der Waals surface area contributed by atoms with Gasteiger partial charge in [0.2, 0.25) is 11.8 Å². The average Bonchev–Trinajstić information content (AvgIpc) is 2.90. The standard InChI is InChI=1S/C33H49N3O4S/c1-23(2)17-18-25(4)36(31(38)28(19-20-41-8)35-32(39)40-33(5,6)7)29(27-16-12-13-24(3)21-27)30(37)34-22-26-14-10-9-11-15-26/h9-16,21,23,25,28-29H,17-20,22H2,1-8H3,(H,34,37)(H,35,39). The van der Waals surface area contributed by atoms with E-state index in [9.17, 15) is 14.4 Å².